The summed E-state index contributed by atoms with van der Waals surface area (Å²) in [4.78, 5) is 0. The first-order valence-electron chi connectivity index (χ1n) is 3.12. The molecule has 0 saturated heterocycles. The molecule has 0 unspecified atom stereocenters. The van der Waals surface area contributed by atoms with E-state index in [1.165, 1.54) is 0 Å². The minimum absolute atomic E-state index is 0.819. The maximum atomic E-state index is 5.03. The van der Waals surface area contributed by atoms with Gasteiger partial charge in [-0.2, -0.15) is 0 Å². The molecule has 0 bridgehead atoms. The van der Waals surface area contributed by atoms with Crippen molar-refractivity contribution in [2.24, 2.45) is 5.73 Å². The third-order valence-corrected chi connectivity index (χ3v) is 0.289. The van der Waals surface area contributed by atoms with Crippen molar-refractivity contribution in [1.82, 2.24) is 0 Å². The maximum Gasteiger partial charge on any atom is -0.00799 e. The minimum Gasteiger partial charge on any atom is -0.330 e. The average molecular weight is 117 g/mol. The van der Waals surface area contributed by atoms with Crippen LogP contribution in [0.5, 0.6) is 0 Å². The first-order chi connectivity index (χ1) is 3.91. The Kier molecular flexibility index (Phi) is 147. The Morgan fingerprint density at radius 2 is 1.38 bits per heavy atom. The SMILES string of the molecule is C=C.CC.CCCN. The molecule has 0 saturated carbocycles. The summed E-state index contributed by atoms with van der Waals surface area (Å²) in [7, 11) is 0. The van der Waals surface area contributed by atoms with E-state index in [-0.39, 0.29) is 0 Å². The Balaban J connectivity index is -0.0000000542. The quantitative estimate of drug-likeness (QED) is 0.523. The Labute approximate surface area is 53.6 Å². The molecule has 0 heterocycles. The maximum absolute atomic E-state index is 5.03. The second-order valence-electron chi connectivity index (χ2n) is 0.789. The number of hydrogen-bond donors (Lipinski definition) is 1. The Morgan fingerprint density at radius 1 is 1.25 bits per heavy atom. The van der Waals surface area contributed by atoms with Gasteiger partial charge in [0.05, 0.1) is 0 Å². The fourth-order valence-corrected chi connectivity index (χ4v) is 0. The highest BCUT2D eigenvalue weighted by atomic mass is 14.5. The van der Waals surface area contributed by atoms with Crippen molar-refractivity contribution in [1.29, 1.82) is 0 Å². The van der Waals surface area contributed by atoms with Crippen molar-refractivity contribution in [2.75, 3.05) is 6.54 Å². The molecule has 52 valence electrons. The summed E-state index contributed by atoms with van der Waals surface area (Å²) in [6, 6.07) is 0. The zero-order valence-electron chi connectivity index (χ0n) is 6.41. The largest absolute Gasteiger partial charge is 0.330 e. The fraction of sp³-hybridized carbons (Fsp3) is 0.714. The molecule has 0 radical (unpaired) electrons. The molecule has 1 heteroatoms. The summed E-state index contributed by atoms with van der Waals surface area (Å²) in [5, 5.41) is 0. The molecule has 0 fully saturated rings. The molecular formula is C7H19N. The van der Waals surface area contributed by atoms with Crippen LogP contribution in [0.1, 0.15) is 27.2 Å². The smallest absolute Gasteiger partial charge is 0.00799 e. The van der Waals surface area contributed by atoms with Gasteiger partial charge >= 0.3 is 0 Å². The summed E-state index contributed by atoms with van der Waals surface area (Å²) in [5.74, 6) is 0. The first-order valence-corrected chi connectivity index (χ1v) is 3.12. The number of nitrogens with two attached hydrogens (primary N) is 1. The lowest BCUT2D eigenvalue weighted by Gasteiger charge is -1.70. The average Bonchev–Trinajstić information content (AvgIpc) is 1.96. The first kappa shape index (κ1) is 15.6. The molecule has 0 amide bonds. The summed E-state index contributed by atoms with van der Waals surface area (Å²) < 4.78 is 0. The molecule has 0 aliphatic rings. The highest BCUT2D eigenvalue weighted by Crippen LogP contribution is 1.57. The molecule has 0 aromatic rings. The van der Waals surface area contributed by atoms with Gasteiger partial charge < -0.3 is 5.73 Å². The Morgan fingerprint density at radius 3 is 1.38 bits per heavy atom. The second kappa shape index (κ2) is 75.3. The van der Waals surface area contributed by atoms with Gasteiger partial charge in [-0.05, 0) is 13.0 Å². The van der Waals surface area contributed by atoms with Gasteiger partial charge in [-0.25, -0.2) is 0 Å². The molecule has 0 atom stereocenters. The topological polar surface area (TPSA) is 26.0 Å². The third kappa shape index (κ3) is 257. The van der Waals surface area contributed by atoms with E-state index in [2.05, 4.69) is 20.1 Å². The Bertz CT molecular complexity index is 11.9. The molecule has 8 heavy (non-hydrogen) atoms. The minimum atomic E-state index is 0.819. The summed E-state index contributed by atoms with van der Waals surface area (Å²) >= 11 is 0. The Hall–Kier alpha value is -0.300. The van der Waals surface area contributed by atoms with E-state index in [1.807, 2.05) is 13.8 Å². The van der Waals surface area contributed by atoms with E-state index in [0.29, 0.717) is 0 Å². The lowest BCUT2D eigenvalue weighted by Crippen LogP contribution is -1.93. The van der Waals surface area contributed by atoms with Gasteiger partial charge in [0.2, 0.25) is 0 Å². The van der Waals surface area contributed by atoms with Crippen molar-refractivity contribution >= 4 is 0 Å². The predicted octanol–water partition coefficient (Wildman–Crippen LogP) is 2.18. The fourth-order valence-electron chi connectivity index (χ4n) is 0. The van der Waals surface area contributed by atoms with Crippen molar-refractivity contribution in [3.63, 3.8) is 0 Å². The van der Waals surface area contributed by atoms with E-state index in [4.69, 9.17) is 5.73 Å². The van der Waals surface area contributed by atoms with Gasteiger partial charge in [0.1, 0.15) is 0 Å². The van der Waals surface area contributed by atoms with E-state index in [0.717, 1.165) is 13.0 Å². The van der Waals surface area contributed by atoms with Gasteiger partial charge in [-0.1, -0.05) is 20.8 Å². The van der Waals surface area contributed by atoms with Gasteiger partial charge in [-0.3, -0.25) is 0 Å². The molecule has 2 N–H and O–H groups in total. The standard InChI is InChI=1S/C3H9N.C2H6.C2H4/c1-2-3-4;2*1-2/h2-4H2,1H3;1-2H3;1-2H2. The van der Waals surface area contributed by atoms with E-state index in [1.54, 1.807) is 0 Å². The molecule has 0 aromatic heterocycles. The van der Waals surface area contributed by atoms with Crippen LogP contribution in [0, 0.1) is 0 Å². The highest BCUT2D eigenvalue weighted by Gasteiger charge is 1.55. The number of rotatable bonds is 1. The monoisotopic (exact) mass is 117 g/mol. The van der Waals surface area contributed by atoms with Crippen molar-refractivity contribution in [3.05, 3.63) is 13.2 Å². The number of hydrogen-bond acceptors (Lipinski definition) is 1. The van der Waals surface area contributed by atoms with Gasteiger partial charge in [-0.15, -0.1) is 13.2 Å². The van der Waals surface area contributed by atoms with Crippen LogP contribution in [0.4, 0.5) is 0 Å². The molecule has 0 aromatic carbocycles. The summed E-state index contributed by atoms with van der Waals surface area (Å²) in [6.45, 7) is 12.9. The lowest BCUT2D eigenvalue weighted by molar-refractivity contribution is 0.932. The zero-order chi connectivity index (χ0) is 7.41. The van der Waals surface area contributed by atoms with Gasteiger partial charge in [0.15, 0.2) is 0 Å². The molecule has 0 spiro atoms. The molecule has 0 aliphatic carbocycles. The summed E-state index contributed by atoms with van der Waals surface area (Å²) in [5.41, 5.74) is 5.03. The van der Waals surface area contributed by atoms with Crippen LogP contribution in [0.15, 0.2) is 13.2 Å². The molecule has 1 nitrogen and oxygen atoms in total. The van der Waals surface area contributed by atoms with Crippen LogP contribution in [0.25, 0.3) is 0 Å². The van der Waals surface area contributed by atoms with Gasteiger partial charge in [0.25, 0.3) is 0 Å². The second-order valence-corrected chi connectivity index (χ2v) is 0.789. The van der Waals surface area contributed by atoms with Crippen LogP contribution in [0.3, 0.4) is 0 Å². The van der Waals surface area contributed by atoms with E-state index >= 15 is 0 Å². The summed E-state index contributed by atoms with van der Waals surface area (Å²) in [6.07, 6.45) is 1.10. The predicted molar refractivity (Wildman–Crippen MR) is 41.9 cm³/mol. The van der Waals surface area contributed by atoms with Crippen LogP contribution < -0.4 is 5.73 Å². The normalized spacial score (nSPS) is 5.00. The lowest BCUT2D eigenvalue weighted by atomic mass is 10.5. The zero-order valence-corrected chi connectivity index (χ0v) is 6.41. The van der Waals surface area contributed by atoms with Crippen molar-refractivity contribution < 1.29 is 0 Å². The van der Waals surface area contributed by atoms with E-state index < -0.39 is 0 Å². The molecule has 0 rings (SSSR count). The van der Waals surface area contributed by atoms with Crippen molar-refractivity contribution in [2.45, 2.75) is 27.2 Å². The van der Waals surface area contributed by atoms with Crippen LogP contribution in [0.2, 0.25) is 0 Å². The van der Waals surface area contributed by atoms with Crippen LogP contribution in [-0.2, 0) is 0 Å². The molecule has 0 aliphatic heterocycles. The highest BCUT2D eigenvalue weighted by molar-refractivity contribution is 4.22. The molecular weight excluding hydrogens is 98.1 g/mol. The third-order valence-electron chi connectivity index (χ3n) is 0.289. The van der Waals surface area contributed by atoms with Crippen LogP contribution >= 0.6 is 0 Å². The van der Waals surface area contributed by atoms with E-state index in [9.17, 15) is 0 Å². The van der Waals surface area contributed by atoms with Gasteiger partial charge in [0, 0.05) is 0 Å². The van der Waals surface area contributed by atoms with Crippen molar-refractivity contribution in [3.8, 4) is 0 Å². The van der Waals surface area contributed by atoms with Crippen LogP contribution in [-0.4, -0.2) is 6.54 Å².